The number of nitrogens with zero attached hydrogens (tertiary/aromatic N) is 2. The number of carbonyl (C=O) groups excluding carboxylic acids is 3. The highest BCUT2D eigenvalue weighted by Crippen LogP contribution is 2.48. The summed E-state index contributed by atoms with van der Waals surface area (Å²) in [5.74, 6) is -1.51. The Morgan fingerprint density at radius 3 is 2.32 bits per heavy atom. The van der Waals surface area contributed by atoms with Crippen LogP contribution in [0.15, 0.2) is 59.1 Å². The number of amides is 2. The van der Waals surface area contributed by atoms with E-state index in [-0.39, 0.29) is 23.6 Å². The lowest BCUT2D eigenvalue weighted by Crippen LogP contribution is -2.46. The molecule has 3 aliphatic heterocycles. The zero-order chi connectivity index (χ0) is 19.4. The molecule has 0 radical (unpaired) electrons. The average Bonchev–Trinajstić information content (AvgIpc) is 3.35. The lowest BCUT2D eigenvalue weighted by Gasteiger charge is -2.27. The molecule has 0 aliphatic carbocycles. The molecule has 0 spiro atoms. The van der Waals surface area contributed by atoms with Gasteiger partial charge in [-0.3, -0.25) is 19.3 Å². The fraction of sp³-hybridized carbons (Fsp3) is 0.318. The van der Waals surface area contributed by atoms with Crippen LogP contribution < -0.4 is 4.90 Å². The second-order valence-corrected chi connectivity index (χ2v) is 8.58. The van der Waals surface area contributed by atoms with Crippen molar-refractivity contribution in [1.29, 1.82) is 0 Å². The quantitative estimate of drug-likeness (QED) is 0.544. The standard InChI is InChI=1S/C22H19BrN2O3/c23-14-8-10-15(11-9-14)25-21(27)17-16-7-4-12-24(16)19(18(17)22(25)28)20(26)13-5-2-1-3-6-13/h1-3,5-6,8-11,16-19H,4,7,12H2/t16-,17+,18+,19-/m0/s1. The normalized spacial score (nSPS) is 29.2. The minimum absolute atomic E-state index is 0.0282. The van der Waals surface area contributed by atoms with E-state index in [1.807, 2.05) is 30.3 Å². The maximum Gasteiger partial charge on any atom is 0.239 e. The molecule has 0 saturated carbocycles. The van der Waals surface area contributed by atoms with Crippen LogP contribution in [0.4, 0.5) is 5.69 Å². The fourth-order valence-corrected chi connectivity index (χ4v) is 5.40. The second-order valence-electron chi connectivity index (χ2n) is 7.66. The molecular formula is C22H19BrN2O3. The maximum absolute atomic E-state index is 13.4. The first kappa shape index (κ1) is 17.8. The minimum Gasteiger partial charge on any atom is -0.292 e. The minimum atomic E-state index is -0.603. The van der Waals surface area contributed by atoms with E-state index in [1.165, 1.54) is 4.90 Å². The van der Waals surface area contributed by atoms with Crippen molar-refractivity contribution in [3.8, 4) is 0 Å². The average molecular weight is 439 g/mol. The van der Waals surface area contributed by atoms with Crippen molar-refractivity contribution >= 4 is 39.2 Å². The number of halogens is 1. The summed E-state index contributed by atoms with van der Waals surface area (Å²) in [6, 6.07) is 15.7. The number of imide groups is 1. The van der Waals surface area contributed by atoms with Gasteiger partial charge in [0.25, 0.3) is 0 Å². The van der Waals surface area contributed by atoms with Gasteiger partial charge in [-0.2, -0.15) is 0 Å². The summed E-state index contributed by atoms with van der Waals surface area (Å²) in [5.41, 5.74) is 1.17. The van der Waals surface area contributed by atoms with E-state index in [0.717, 1.165) is 23.9 Å². The molecule has 4 atom stereocenters. The van der Waals surface area contributed by atoms with E-state index in [9.17, 15) is 14.4 Å². The number of hydrogen-bond acceptors (Lipinski definition) is 4. The third kappa shape index (κ3) is 2.51. The van der Waals surface area contributed by atoms with Crippen LogP contribution in [0.25, 0.3) is 0 Å². The molecule has 142 valence electrons. The maximum atomic E-state index is 13.4. The summed E-state index contributed by atoms with van der Waals surface area (Å²) in [7, 11) is 0. The number of fused-ring (bicyclic) bond motifs is 3. The molecule has 5 rings (SSSR count). The van der Waals surface area contributed by atoms with Gasteiger partial charge in [0.05, 0.1) is 23.6 Å². The Hall–Kier alpha value is -2.31. The van der Waals surface area contributed by atoms with Crippen molar-refractivity contribution in [1.82, 2.24) is 4.90 Å². The van der Waals surface area contributed by atoms with Gasteiger partial charge in [-0.05, 0) is 43.7 Å². The van der Waals surface area contributed by atoms with Gasteiger partial charge in [-0.15, -0.1) is 0 Å². The number of ketones is 1. The van der Waals surface area contributed by atoms with Gasteiger partial charge < -0.3 is 0 Å². The van der Waals surface area contributed by atoms with Crippen LogP contribution in [-0.4, -0.2) is 41.1 Å². The van der Waals surface area contributed by atoms with Crippen molar-refractivity contribution in [3.05, 3.63) is 64.6 Å². The molecule has 2 aromatic carbocycles. The van der Waals surface area contributed by atoms with Crippen LogP contribution >= 0.6 is 15.9 Å². The predicted molar refractivity (Wildman–Crippen MR) is 108 cm³/mol. The first-order valence-electron chi connectivity index (χ1n) is 9.56. The highest BCUT2D eigenvalue weighted by molar-refractivity contribution is 9.10. The SMILES string of the molecule is O=C(c1ccccc1)[C@@H]1[C@@H]2C(=O)N(c3ccc(Br)cc3)C(=O)[C@@H]2[C@@H]2CCCN12. The Morgan fingerprint density at radius 1 is 0.929 bits per heavy atom. The number of anilines is 1. The highest BCUT2D eigenvalue weighted by Gasteiger charge is 2.64. The zero-order valence-corrected chi connectivity index (χ0v) is 16.7. The Bertz CT molecular complexity index is 960. The Labute approximate surface area is 171 Å². The largest absolute Gasteiger partial charge is 0.292 e. The molecule has 6 heteroatoms. The molecule has 5 nitrogen and oxygen atoms in total. The smallest absolute Gasteiger partial charge is 0.239 e. The highest BCUT2D eigenvalue weighted by atomic mass is 79.9. The van der Waals surface area contributed by atoms with E-state index >= 15 is 0 Å². The summed E-state index contributed by atoms with van der Waals surface area (Å²) >= 11 is 3.38. The molecule has 3 aliphatic rings. The number of hydrogen-bond donors (Lipinski definition) is 0. The van der Waals surface area contributed by atoms with E-state index < -0.39 is 17.9 Å². The van der Waals surface area contributed by atoms with Crippen LogP contribution in [0.5, 0.6) is 0 Å². The number of carbonyl (C=O) groups is 3. The predicted octanol–water partition coefficient (Wildman–Crippen LogP) is 3.28. The van der Waals surface area contributed by atoms with Crippen LogP contribution in [0.2, 0.25) is 0 Å². The number of benzene rings is 2. The molecule has 3 saturated heterocycles. The van der Waals surface area contributed by atoms with E-state index in [4.69, 9.17) is 0 Å². The first-order valence-corrected chi connectivity index (χ1v) is 10.4. The zero-order valence-electron chi connectivity index (χ0n) is 15.1. The summed E-state index contributed by atoms with van der Waals surface area (Å²) in [4.78, 5) is 43.4. The van der Waals surface area contributed by atoms with Gasteiger partial charge in [0.15, 0.2) is 5.78 Å². The molecule has 28 heavy (non-hydrogen) atoms. The lowest BCUT2D eigenvalue weighted by molar-refractivity contribution is -0.123. The van der Waals surface area contributed by atoms with Crippen molar-refractivity contribution < 1.29 is 14.4 Å². The van der Waals surface area contributed by atoms with E-state index in [0.29, 0.717) is 11.3 Å². The topological polar surface area (TPSA) is 57.7 Å². The van der Waals surface area contributed by atoms with Crippen LogP contribution in [0.1, 0.15) is 23.2 Å². The molecule has 0 bridgehead atoms. The summed E-state index contributed by atoms with van der Waals surface area (Å²) < 4.78 is 0.884. The van der Waals surface area contributed by atoms with Crippen LogP contribution in [-0.2, 0) is 9.59 Å². The molecule has 0 N–H and O–H groups in total. The summed E-state index contributed by atoms with van der Waals surface area (Å²) in [6.45, 7) is 0.764. The van der Waals surface area contributed by atoms with Crippen LogP contribution in [0, 0.1) is 11.8 Å². The molecule has 2 aromatic rings. The molecule has 0 unspecified atom stereocenters. The van der Waals surface area contributed by atoms with Gasteiger partial charge in [0.1, 0.15) is 0 Å². The second kappa shape index (κ2) is 6.64. The third-order valence-corrected chi connectivity index (χ3v) is 6.79. The fourth-order valence-electron chi connectivity index (χ4n) is 5.13. The molecule has 3 heterocycles. The summed E-state index contributed by atoms with van der Waals surface area (Å²) in [6.07, 6.45) is 1.80. The van der Waals surface area contributed by atoms with Crippen molar-refractivity contribution in [3.63, 3.8) is 0 Å². The van der Waals surface area contributed by atoms with Crippen molar-refractivity contribution in [2.45, 2.75) is 24.9 Å². The number of Topliss-reactive ketones (excluding diaryl/α,β-unsaturated/α-hetero) is 1. The van der Waals surface area contributed by atoms with E-state index in [1.54, 1.807) is 24.3 Å². The molecule has 0 aromatic heterocycles. The first-order chi connectivity index (χ1) is 13.6. The Balaban J connectivity index is 1.55. The van der Waals surface area contributed by atoms with Gasteiger partial charge in [-0.1, -0.05) is 46.3 Å². The lowest BCUT2D eigenvalue weighted by atomic mass is 9.85. The summed E-state index contributed by atoms with van der Waals surface area (Å²) in [5, 5.41) is 0. The van der Waals surface area contributed by atoms with Crippen LogP contribution in [0.3, 0.4) is 0 Å². The Morgan fingerprint density at radius 2 is 1.61 bits per heavy atom. The number of rotatable bonds is 3. The Kier molecular flexibility index (Phi) is 4.21. The van der Waals surface area contributed by atoms with Crippen molar-refractivity contribution in [2.24, 2.45) is 11.8 Å². The van der Waals surface area contributed by atoms with Gasteiger partial charge in [0, 0.05) is 16.1 Å². The van der Waals surface area contributed by atoms with Crippen molar-refractivity contribution in [2.75, 3.05) is 11.4 Å². The van der Waals surface area contributed by atoms with Gasteiger partial charge in [0.2, 0.25) is 11.8 Å². The van der Waals surface area contributed by atoms with Gasteiger partial charge >= 0.3 is 0 Å². The molecule has 2 amide bonds. The molecular weight excluding hydrogens is 420 g/mol. The van der Waals surface area contributed by atoms with Gasteiger partial charge in [-0.25, -0.2) is 4.90 Å². The monoisotopic (exact) mass is 438 g/mol. The van der Waals surface area contributed by atoms with E-state index in [2.05, 4.69) is 20.8 Å². The third-order valence-electron chi connectivity index (χ3n) is 6.26. The molecule has 3 fully saturated rings.